The lowest BCUT2D eigenvalue weighted by atomic mass is 10.0. The number of fused-ring (bicyclic) bond motifs is 1. The molecule has 0 amide bonds. The van der Waals surface area contributed by atoms with Crippen LogP contribution < -0.4 is 9.47 Å². The maximum absolute atomic E-state index is 12.8. The Kier molecular flexibility index (Phi) is 6.59. The van der Waals surface area contributed by atoms with Gasteiger partial charge in [0.1, 0.15) is 11.5 Å². The lowest BCUT2D eigenvalue weighted by Crippen LogP contribution is -2.21. The predicted octanol–water partition coefficient (Wildman–Crippen LogP) is 6.11. The second kappa shape index (κ2) is 9.74. The number of hydrogen-bond acceptors (Lipinski definition) is 5. The number of ether oxygens (including phenoxy) is 3. The van der Waals surface area contributed by atoms with E-state index in [9.17, 15) is 9.59 Å². The molecule has 0 saturated heterocycles. The third-order valence-corrected chi connectivity index (χ3v) is 5.40. The van der Waals surface area contributed by atoms with E-state index >= 15 is 0 Å². The second-order valence-corrected chi connectivity index (χ2v) is 8.08. The summed E-state index contributed by atoms with van der Waals surface area (Å²) >= 11 is 0. The average Bonchev–Trinajstić information content (AvgIpc) is 3.13. The van der Waals surface area contributed by atoms with Gasteiger partial charge < -0.3 is 14.2 Å². The van der Waals surface area contributed by atoms with Crippen LogP contribution in [0.4, 0.5) is 0 Å². The molecule has 5 heteroatoms. The smallest absolute Gasteiger partial charge is 0.352 e. The molecule has 1 atom stereocenters. The number of carbonyl (C=O) groups is 2. The summed E-state index contributed by atoms with van der Waals surface area (Å²) in [5, 5.41) is 0. The van der Waals surface area contributed by atoms with Crippen molar-refractivity contribution in [2.45, 2.75) is 32.8 Å². The van der Waals surface area contributed by atoms with Crippen LogP contribution in [0.15, 0.2) is 78.6 Å². The van der Waals surface area contributed by atoms with Gasteiger partial charge in [-0.05, 0) is 42.2 Å². The first kappa shape index (κ1) is 22.3. The molecule has 0 radical (unpaired) electrons. The Bertz CT molecular complexity index is 1180. The summed E-state index contributed by atoms with van der Waals surface area (Å²) in [5.74, 6) is 0.836. The Hall–Kier alpha value is -3.86. The Balaban J connectivity index is 1.56. The van der Waals surface area contributed by atoms with E-state index in [-0.39, 0.29) is 18.1 Å². The highest BCUT2D eigenvalue weighted by Gasteiger charge is 2.29. The quantitative estimate of drug-likeness (QED) is 0.326. The first-order valence-electron chi connectivity index (χ1n) is 11.0. The summed E-state index contributed by atoms with van der Waals surface area (Å²) in [6.45, 7) is 6.27. The fourth-order valence-electron chi connectivity index (χ4n) is 3.60. The molecular weight excluding hydrogens is 416 g/mol. The molecule has 168 valence electrons. The minimum absolute atomic E-state index is 0.186. The van der Waals surface area contributed by atoms with Crippen molar-refractivity contribution in [3.05, 3.63) is 101 Å². The van der Waals surface area contributed by atoms with E-state index in [4.69, 9.17) is 14.2 Å². The molecule has 1 heterocycles. The van der Waals surface area contributed by atoms with Crippen molar-refractivity contribution in [3.8, 4) is 11.5 Å². The maximum Gasteiger partial charge on any atom is 0.352 e. The predicted molar refractivity (Wildman–Crippen MR) is 126 cm³/mol. The van der Waals surface area contributed by atoms with Gasteiger partial charge in [-0.1, -0.05) is 68.4 Å². The van der Waals surface area contributed by atoms with Crippen LogP contribution in [0.5, 0.6) is 11.5 Å². The highest BCUT2D eigenvalue weighted by Crippen LogP contribution is 2.36. The molecule has 3 aromatic rings. The van der Waals surface area contributed by atoms with Gasteiger partial charge in [0.2, 0.25) is 11.9 Å². The summed E-state index contributed by atoms with van der Waals surface area (Å²) in [6, 6.07) is 22.1. The van der Waals surface area contributed by atoms with E-state index in [2.05, 4.69) is 26.0 Å². The van der Waals surface area contributed by atoms with Gasteiger partial charge in [-0.2, -0.15) is 0 Å². The molecule has 5 nitrogen and oxygen atoms in total. The standard InChI is InChI=1S/C28H26O5/c1-4-31-28(30)27(21-8-6-5-7-9-21)32-22-14-15-23-24(17-22)33-25(26(23)29)16-19-10-12-20(13-11-19)18(2)3/h5-18,27H,4H2,1-3H3/b25-16-. The molecule has 0 saturated carbocycles. The highest BCUT2D eigenvalue weighted by atomic mass is 16.6. The zero-order chi connectivity index (χ0) is 23.4. The number of esters is 1. The lowest BCUT2D eigenvalue weighted by molar-refractivity contribution is -0.151. The van der Waals surface area contributed by atoms with Gasteiger partial charge in [-0.3, -0.25) is 4.79 Å². The summed E-state index contributed by atoms with van der Waals surface area (Å²) in [5.41, 5.74) is 3.26. The molecule has 0 spiro atoms. The van der Waals surface area contributed by atoms with Crippen LogP contribution in [0.3, 0.4) is 0 Å². The summed E-state index contributed by atoms with van der Waals surface area (Å²) in [6.07, 6.45) is 0.814. The third-order valence-electron chi connectivity index (χ3n) is 5.40. The van der Waals surface area contributed by atoms with Crippen LogP contribution in [-0.4, -0.2) is 18.4 Å². The van der Waals surface area contributed by atoms with Crippen LogP contribution in [0.2, 0.25) is 0 Å². The highest BCUT2D eigenvalue weighted by molar-refractivity contribution is 6.14. The van der Waals surface area contributed by atoms with Crippen molar-refractivity contribution in [3.63, 3.8) is 0 Å². The Morgan fingerprint density at radius 2 is 1.70 bits per heavy atom. The van der Waals surface area contributed by atoms with Crippen LogP contribution in [0.1, 0.15) is 59.8 Å². The molecule has 1 aliphatic rings. The zero-order valence-electron chi connectivity index (χ0n) is 18.9. The fourth-order valence-corrected chi connectivity index (χ4v) is 3.60. The van der Waals surface area contributed by atoms with Crippen LogP contribution in [0.25, 0.3) is 6.08 Å². The summed E-state index contributed by atoms with van der Waals surface area (Å²) < 4.78 is 17.0. The molecule has 33 heavy (non-hydrogen) atoms. The normalized spacial score (nSPS) is 14.7. The molecule has 0 fully saturated rings. The van der Waals surface area contributed by atoms with E-state index in [1.807, 2.05) is 30.3 Å². The number of Topliss-reactive ketones (excluding diaryl/α,β-unsaturated/α-hetero) is 1. The van der Waals surface area contributed by atoms with Gasteiger partial charge in [-0.25, -0.2) is 4.79 Å². The molecule has 0 N–H and O–H groups in total. The number of carbonyl (C=O) groups excluding carboxylic acids is 2. The molecule has 0 aromatic heterocycles. The van der Waals surface area contributed by atoms with Crippen molar-refractivity contribution in [2.24, 2.45) is 0 Å². The topological polar surface area (TPSA) is 61.8 Å². The fraction of sp³-hybridized carbons (Fsp3) is 0.214. The van der Waals surface area contributed by atoms with E-state index in [1.54, 1.807) is 43.3 Å². The van der Waals surface area contributed by atoms with Gasteiger partial charge in [0.25, 0.3) is 0 Å². The van der Waals surface area contributed by atoms with Gasteiger partial charge in [0, 0.05) is 11.6 Å². The van der Waals surface area contributed by atoms with Crippen molar-refractivity contribution in [1.82, 2.24) is 0 Å². The SMILES string of the molecule is CCOC(=O)C(Oc1ccc2c(c1)O/C(=C\c1ccc(C(C)C)cc1)C2=O)c1ccccc1. The minimum atomic E-state index is -0.921. The van der Waals surface area contributed by atoms with Gasteiger partial charge in [-0.15, -0.1) is 0 Å². The molecule has 4 rings (SSSR count). The maximum atomic E-state index is 12.8. The zero-order valence-corrected chi connectivity index (χ0v) is 18.9. The van der Waals surface area contributed by atoms with Gasteiger partial charge in [0.05, 0.1) is 12.2 Å². The molecule has 0 bridgehead atoms. The number of allylic oxidation sites excluding steroid dienone is 1. The lowest BCUT2D eigenvalue weighted by Gasteiger charge is -2.18. The van der Waals surface area contributed by atoms with Crippen LogP contribution in [0, 0.1) is 0 Å². The molecule has 0 aliphatic carbocycles. The van der Waals surface area contributed by atoms with Crippen LogP contribution >= 0.6 is 0 Å². The van der Waals surface area contributed by atoms with Crippen molar-refractivity contribution >= 4 is 17.8 Å². The van der Waals surface area contributed by atoms with Gasteiger partial charge >= 0.3 is 5.97 Å². The molecular formula is C28H26O5. The van der Waals surface area contributed by atoms with Gasteiger partial charge in [0.15, 0.2) is 5.76 Å². The Morgan fingerprint density at radius 1 is 0.970 bits per heavy atom. The molecule has 1 unspecified atom stereocenters. The van der Waals surface area contributed by atoms with Crippen LogP contribution in [-0.2, 0) is 9.53 Å². The average molecular weight is 443 g/mol. The summed E-state index contributed by atoms with van der Waals surface area (Å²) in [7, 11) is 0. The van der Waals surface area contributed by atoms with E-state index < -0.39 is 12.1 Å². The van der Waals surface area contributed by atoms with E-state index in [1.165, 1.54) is 5.56 Å². The monoisotopic (exact) mass is 442 g/mol. The molecule has 3 aromatic carbocycles. The van der Waals surface area contributed by atoms with E-state index in [0.29, 0.717) is 28.5 Å². The van der Waals surface area contributed by atoms with Crippen molar-refractivity contribution < 1.29 is 23.8 Å². The number of rotatable bonds is 7. The Morgan fingerprint density at radius 3 is 2.36 bits per heavy atom. The number of hydrogen-bond donors (Lipinski definition) is 0. The van der Waals surface area contributed by atoms with Crippen molar-refractivity contribution in [2.75, 3.05) is 6.61 Å². The first-order valence-corrected chi connectivity index (χ1v) is 11.0. The Labute approximate surface area is 193 Å². The minimum Gasteiger partial charge on any atom is -0.474 e. The number of benzene rings is 3. The van der Waals surface area contributed by atoms with Crippen molar-refractivity contribution in [1.29, 1.82) is 0 Å². The second-order valence-electron chi connectivity index (χ2n) is 8.08. The number of ketones is 1. The summed E-state index contributed by atoms with van der Waals surface area (Å²) in [4.78, 5) is 25.3. The third kappa shape index (κ3) is 4.98. The largest absolute Gasteiger partial charge is 0.474 e. The van der Waals surface area contributed by atoms with E-state index in [0.717, 1.165) is 5.56 Å². The first-order chi connectivity index (χ1) is 16.0. The molecule has 1 aliphatic heterocycles.